The third-order valence-corrected chi connectivity index (χ3v) is 14.4. The lowest BCUT2D eigenvalue weighted by molar-refractivity contribution is -0.143. The molecule has 1 aliphatic rings. The molecule has 3 aromatic rings. The number of para-hydroxylation sites is 1. The number of benzene rings is 2. The van der Waals surface area contributed by atoms with Crippen molar-refractivity contribution in [3.05, 3.63) is 65.9 Å². The maximum Gasteiger partial charge on any atom is 0.326 e. The van der Waals surface area contributed by atoms with E-state index in [0.29, 0.717) is 31.2 Å². The van der Waals surface area contributed by atoms with Crippen LogP contribution in [0.4, 0.5) is 0 Å². The molecule has 1 saturated heterocycles. The van der Waals surface area contributed by atoms with Crippen molar-refractivity contribution in [1.82, 2.24) is 47.1 Å². The highest BCUT2D eigenvalue weighted by Gasteiger charge is 2.40. The number of nitrogens with two attached hydrogens (primary N) is 4. The number of likely N-dealkylation sites (tertiary alicyclic amines) is 1. The van der Waals surface area contributed by atoms with Crippen LogP contribution in [0.5, 0.6) is 5.75 Å². The summed E-state index contributed by atoms with van der Waals surface area (Å²) < 4.78 is 0. The van der Waals surface area contributed by atoms with Crippen LogP contribution in [0.15, 0.2) is 59.7 Å². The van der Waals surface area contributed by atoms with Crippen molar-refractivity contribution in [2.75, 3.05) is 19.6 Å². The summed E-state index contributed by atoms with van der Waals surface area (Å²) in [6.07, 6.45) is 2.32. The second kappa shape index (κ2) is 32.6. The number of nitrogens with one attached hydrogen (secondary N) is 8. The third-order valence-electron chi connectivity index (χ3n) is 14.4. The Morgan fingerprint density at radius 1 is 0.720 bits per heavy atom. The van der Waals surface area contributed by atoms with E-state index >= 15 is 0 Å². The van der Waals surface area contributed by atoms with Gasteiger partial charge in [-0.15, -0.1) is 0 Å². The second-order valence-electron chi connectivity index (χ2n) is 21.5. The highest BCUT2D eigenvalue weighted by atomic mass is 16.4. The van der Waals surface area contributed by atoms with Gasteiger partial charge < -0.3 is 85.4 Å². The number of aliphatic hydroxyl groups is 1. The van der Waals surface area contributed by atoms with Crippen molar-refractivity contribution in [3.63, 3.8) is 0 Å². The second-order valence-corrected chi connectivity index (χ2v) is 21.5. The van der Waals surface area contributed by atoms with Crippen LogP contribution in [0.2, 0.25) is 0 Å². The Labute approximate surface area is 477 Å². The van der Waals surface area contributed by atoms with Crippen molar-refractivity contribution in [3.8, 4) is 5.75 Å². The number of unbranched alkanes of at least 4 members (excludes halogenated alkanes) is 1. The number of carbonyl (C=O) groups is 9. The number of fused-ring (bicyclic) bond motifs is 1. The molecule has 0 radical (unpaired) electrons. The van der Waals surface area contributed by atoms with E-state index < -0.39 is 120 Å². The molecule has 19 N–H and O–H groups in total. The monoisotopic (exact) mass is 1150 g/mol. The summed E-state index contributed by atoms with van der Waals surface area (Å²) in [5.74, 6) is -8.22. The number of aliphatic imine (C=N–C) groups is 1. The Morgan fingerprint density at radius 2 is 1.32 bits per heavy atom. The zero-order valence-electron chi connectivity index (χ0n) is 47.7. The fourth-order valence-corrected chi connectivity index (χ4v) is 9.55. The highest BCUT2D eigenvalue weighted by Crippen LogP contribution is 2.22. The van der Waals surface area contributed by atoms with Gasteiger partial charge in [0.2, 0.25) is 47.3 Å². The zero-order chi connectivity index (χ0) is 60.8. The maximum absolute atomic E-state index is 14.3. The van der Waals surface area contributed by atoms with Gasteiger partial charge in [0.15, 0.2) is 5.96 Å². The number of rotatable bonds is 33. The first-order valence-corrected chi connectivity index (χ1v) is 28.0. The van der Waals surface area contributed by atoms with Crippen molar-refractivity contribution >= 4 is 70.1 Å². The molecule has 82 heavy (non-hydrogen) atoms. The van der Waals surface area contributed by atoms with Gasteiger partial charge in [-0.05, 0) is 119 Å². The quantitative estimate of drug-likeness (QED) is 0.0200. The number of H-pyrrole nitrogens is 1. The number of phenols is 1. The first-order chi connectivity index (χ1) is 38.8. The van der Waals surface area contributed by atoms with Gasteiger partial charge in [0.25, 0.3) is 0 Å². The van der Waals surface area contributed by atoms with Crippen LogP contribution in [0.25, 0.3) is 10.9 Å². The molecule has 0 saturated carbocycles. The first-order valence-electron chi connectivity index (χ1n) is 28.0. The molecule has 2 aromatic carbocycles. The van der Waals surface area contributed by atoms with Crippen molar-refractivity contribution in [1.29, 1.82) is 0 Å². The maximum atomic E-state index is 14.3. The van der Waals surface area contributed by atoms with Crippen LogP contribution >= 0.6 is 0 Å². The lowest BCUT2D eigenvalue weighted by atomic mass is 9.96. The number of aromatic hydroxyl groups is 1. The fraction of sp³-hybridized carbons (Fsp3) is 0.571. The summed E-state index contributed by atoms with van der Waals surface area (Å²) in [6.45, 7) is 10.2. The molecule has 0 unspecified atom stereocenters. The molecule has 1 fully saturated rings. The van der Waals surface area contributed by atoms with Gasteiger partial charge in [0.1, 0.15) is 54.1 Å². The van der Waals surface area contributed by atoms with E-state index in [0.717, 1.165) is 16.5 Å². The number of aromatic nitrogens is 1. The lowest BCUT2D eigenvalue weighted by Gasteiger charge is -2.31. The van der Waals surface area contributed by atoms with Gasteiger partial charge in [0.05, 0.1) is 12.1 Å². The van der Waals surface area contributed by atoms with Crippen LogP contribution < -0.4 is 60.2 Å². The van der Waals surface area contributed by atoms with E-state index in [2.05, 4.69) is 47.2 Å². The number of carboxylic acids is 1. The van der Waals surface area contributed by atoms with Crippen LogP contribution in [0.1, 0.15) is 110 Å². The number of carbonyl (C=O) groups excluding carboxylic acids is 8. The number of aliphatic hydroxyl groups excluding tert-OH is 1. The van der Waals surface area contributed by atoms with Crippen molar-refractivity contribution in [2.24, 2.45) is 39.8 Å². The highest BCUT2D eigenvalue weighted by molar-refractivity contribution is 5.98. The van der Waals surface area contributed by atoms with E-state index in [-0.39, 0.29) is 82.2 Å². The largest absolute Gasteiger partial charge is 0.508 e. The van der Waals surface area contributed by atoms with Crippen molar-refractivity contribution < 1.29 is 58.5 Å². The van der Waals surface area contributed by atoms with Crippen LogP contribution in [-0.4, -0.2) is 165 Å². The van der Waals surface area contributed by atoms with Gasteiger partial charge in [-0.3, -0.25) is 43.3 Å². The summed E-state index contributed by atoms with van der Waals surface area (Å²) in [4.78, 5) is 133. The molecule has 0 aliphatic carbocycles. The van der Waals surface area contributed by atoms with Gasteiger partial charge in [-0.1, -0.05) is 64.4 Å². The smallest absolute Gasteiger partial charge is 0.326 e. The number of phenolic OH excluding ortho intramolecular Hbond substituents is 1. The van der Waals surface area contributed by atoms with Crippen LogP contribution in [0, 0.1) is 11.8 Å². The molecule has 1 aliphatic heterocycles. The molecule has 0 spiro atoms. The number of guanidine groups is 1. The Hall–Kier alpha value is -7.84. The normalized spacial score (nSPS) is 16.9. The van der Waals surface area contributed by atoms with E-state index in [1.165, 1.54) is 30.9 Å². The Kier molecular flexibility index (Phi) is 26.5. The molecular formula is C56H86N14O12. The van der Waals surface area contributed by atoms with E-state index in [9.17, 15) is 58.5 Å². The van der Waals surface area contributed by atoms with E-state index in [1.807, 2.05) is 31.2 Å². The lowest BCUT2D eigenvalue weighted by Crippen LogP contribution is -2.61. The van der Waals surface area contributed by atoms with Gasteiger partial charge in [-0.25, -0.2) is 4.79 Å². The average molecular weight is 1150 g/mol. The predicted octanol–water partition coefficient (Wildman–Crippen LogP) is -0.869. The number of amides is 8. The molecule has 4 rings (SSSR count). The molecule has 2 heterocycles. The third kappa shape index (κ3) is 20.3. The van der Waals surface area contributed by atoms with Gasteiger partial charge in [-0.2, -0.15) is 0 Å². The topological polar surface area (TPSA) is 434 Å². The molecule has 11 atom stereocenters. The summed E-state index contributed by atoms with van der Waals surface area (Å²) in [5, 5.41) is 49.6. The molecule has 8 amide bonds. The fourth-order valence-electron chi connectivity index (χ4n) is 9.55. The molecule has 26 nitrogen and oxygen atoms in total. The predicted molar refractivity (Wildman–Crippen MR) is 307 cm³/mol. The number of hydrogen-bond acceptors (Lipinski definition) is 14. The zero-order valence-corrected chi connectivity index (χ0v) is 47.7. The molecular weight excluding hydrogens is 1060 g/mol. The standard InChI is InChI=1S/C56H86N14O12/c1-7-31(4)45(68-50(76)42(27-34-19-21-36(72)22-20-34)66-47(73)38(58)28-35-29-62-39-15-9-8-14-37(35)39)52(78)63-32(5)54(80)70-25-13-18-44(70)51(77)65-41(17-12-24-61-56(59)60)48(74)64-40(16-10-11-23-57)49(75)69-46(33(6)71)53(79)67-43(55(81)82)26-30(2)3/h8-9,14-15,19-22,29-33,38,40-46,62,71-72H,7,10-13,16-18,23-28,57-58H2,1-6H3,(H,63,78)(H,64,74)(H,65,77)(H,66,73)(H,67,79)(H,68,76)(H,69,75)(H,81,82)(H4,59,60,61)/t31-,32-,33+,38-,40-,41-,42-,43-,44-,45-,46-/m0/s1. The summed E-state index contributed by atoms with van der Waals surface area (Å²) in [7, 11) is 0. The number of carboxylic acid groups (broad SMARTS) is 1. The van der Waals surface area contributed by atoms with E-state index in [1.54, 1.807) is 39.1 Å². The summed E-state index contributed by atoms with van der Waals surface area (Å²) in [5.41, 5.74) is 25.5. The van der Waals surface area contributed by atoms with Crippen LogP contribution in [-0.2, 0) is 56.0 Å². The molecule has 452 valence electrons. The number of aliphatic carboxylic acids is 1. The average Bonchev–Trinajstić information content (AvgIpc) is 4.12. The molecule has 1 aromatic heterocycles. The minimum absolute atomic E-state index is 0.00914. The molecule has 0 bridgehead atoms. The summed E-state index contributed by atoms with van der Waals surface area (Å²) in [6, 6.07) is 2.14. The Bertz CT molecular complexity index is 2680. The SMILES string of the molecule is CC[C@H](C)[C@H](NC(=O)[C@H](Cc1ccc(O)cc1)NC(=O)[C@@H](N)Cc1c[nH]c2ccccc12)C(=O)N[C@@H](C)C(=O)N1CCC[C@H]1C(=O)N[C@@H](CCCN=C(N)N)C(=O)N[C@@H](CCCCN)C(=O)N[C@H](C(=O)N[C@@H](CC(C)C)C(=O)O)[C@@H](C)O. The Morgan fingerprint density at radius 3 is 1.95 bits per heavy atom. The minimum Gasteiger partial charge on any atom is -0.508 e. The molecule has 26 heteroatoms. The number of nitrogens with zero attached hydrogens (tertiary/aromatic N) is 2. The Balaban J connectivity index is 1.50. The van der Waals surface area contributed by atoms with Gasteiger partial charge in [0, 0.05) is 36.6 Å². The van der Waals surface area contributed by atoms with Crippen LogP contribution in [0.3, 0.4) is 0 Å². The minimum atomic E-state index is -1.62. The van der Waals surface area contributed by atoms with E-state index in [4.69, 9.17) is 22.9 Å². The first kappa shape index (κ1) is 66.7. The number of aromatic amines is 1. The van der Waals surface area contributed by atoms with Crippen molar-refractivity contribution in [2.45, 2.75) is 173 Å². The summed E-state index contributed by atoms with van der Waals surface area (Å²) >= 11 is 0. The van der Waals surface area contributed by atoms with Gasteiger partial charge >= 0.3 is 5.97 Å². The number of hydrogen-bond donors (Lipinski definition) is 15.